The van der Waals surface area contributed by atoms with Gasteiger partial charge in [0, 0.05) is 17.7 Å². The minimum absolute atomic E-state index is 0.370. The molecule has 1 aliphatic rings. The van der Waals surface area contributed by atoms with Crippen LogP contribution in [0.5, 0.6) is 0 Å². The van der Waals surface area contributed by atoms with Gasteiger partial charge >= 0.3 is 12.1 Å². The fraction of sp³-hybridized carbons (Fsp3) is 0.238. The molecule has 1 aromatic carbocycles. The third-order valence-corrected chi connectivity index (χ3v) is 6.55. The highest BCUT2D eigenvalue weighted by molar-refractivity contribution is 7.99. The summed E-state index contributed by atoms with van der Waals surface area (Å²) in [5, 5.41) is 24.2. The van der Waals surface area contributed by atoms with E-state index in [2.05, 4.69) is 59.4 Å². The Morgan fingerprint density at radius 2 is 1.91 bits per heavy atom. The minimum Gasteiger partial charge on any atom is -0.475 e. The molecule has 0 radical (unpaired) electrons. The van der Waals surface area contributed by atoms with Crippen molar-refractivity contribution in [2.24, 2.45) is 7.05 Å². The molecule has 4 aromatic rings. The molecule has 35 heavy (non-hydrogen) atoms. The molecule has 3 N–H and O–H groups in total. The molecule has 0 bridgehead atoms. The Labute approximate surface area is 205 Å². The summed E-state index contributed by atoms with van der Waals surface area (Å²) >= 11 is 7.55. The van der Waals surface area contributed by atoms with E-state index < -0.39 is 12.1 Å². The lowest BCUT2D eigenvalue weighted by molar-refractivity contribution is -0.706. The molecule has 14 heteroatoms. The van der Waals surface area contributed by atoms with E-state index in [-0.39, 0.29) is 0 Å². The number of aromatic amines is 2. The maximum atomic E-state index is 10.6. The van der Waals surface area contributed by atoms with Crippen LogP contribution in [0.25, 0.3) is 11.3 Å². The number of nitrogens with one attached hydrogen (secondary N) is 2. The Morgan fingerprint density at radius 3 is 2.49 bits per heavy atom. The molecule has 182 valence electrons. The number of pyridine rings is 1. The summed E-state index contributed by atoms with van der Waals surface area (Å²) < 4.78 is 33.8. The predicted molar refractivity (Wildman–Crippen MR) is 119 cm³/mol. The highest BCUT2D eigenvalue weighted by Gasteiger charge is 2.42. The van der Waals surface area contributed by atoms with E-state index in [4.69, 9.17) is 21.5 Å². The van der Waals surface area contributed by atoms with Crippen LogP contribution in [0.4, 0.5) is 13.2 Å². The summed E-state index contributed by atoms with van der Waals surface area (Å²) in [6.45, 7) is 0. The lowest BCUT2D eigenvalue weighted by Crippen LogP contribution is -2.27. The van der Waals surface area contributed by atoms with Crippen molar-refractivity contribution < 1.29 is 27.6 Å². The Bertz CT molecular complexity index is 1300. The molecule has 9 nitrogen and oxygen atoms in total. The minimum atomic E-state index is -5.08. The fourth-order valence-corrected chi connectivity index (χ4v) is 4.41. The number of nitrogens with zero attached hydrogens (tertiary/aromatic N) is 5. The lowest BCUT2D eigenvalue weighted by atomic mass is 10.1. The first-order valence-corrected chi connectivity index (χ1v) is 11.3. The number of aryl methyl sites for hydroxylation is 1. The molecule has 1 saturated carbocycles. The number of H-pyrrole nitrogens is 2. The number of halogens is 4. The first kappa shape index (κ1) is 24.7. The van der Waals surface area contributed by atoms with E-state index in [1.807, 2.05) is 25.5 Å². The molecule has 1 fully saturated rings. The van der Waals surface area contributed by atoms with Crippen LogP contribution in [0.2, 0.25) is 5.02 Å². The van der Waals surface area contributed by atoms with Crippen LogP contribution in [-0.4, -0.2) is 47.8 Å². The highest BCUT2D eigenvalue weighted by Crippen LogP contribution is 2.53. The molecular weight excluding hydrogens is 507 g/mol. The van der Waals surface area contributed by atoms with Gasteiger partial charge in [0.05, 0.1) is 12.1 Å². The number of rotatable bonds is 5. The number of imidazole rings is 1. The Balaban J connectivity index is 0.000000364. The van der Waals surface area contributed by atoms with E-state index in [1.54, 1.807) is 18.0 Å². The third kappa shape index (κ3) is 5.98. The van der Waals surface area contributed by atoms with Crippen LogP contribution in [0.1, 0.15) is 29.6 Å². The molecule has 1 aliphatic carbocycles. The number of carboxylic acids is 1. The van der Waals surface area contributed by atoms with Gasteiger partial charge in [0.15, 0.2) is 11.5 Å². The fourth-order valence-electron chi connectivity index (χ4n) is 3.38. The highest BCUT2D eigenvalue weighted by atomic mass is 35.5. The number of alkyl halides is 3. The number of tetrazole rings is 1. The number of carboxylic acid groups (broad SMARTS) is 1. The molecule has 2 atom stereocenters. The second-order valence-electron chi connectivity index (χ2n) is 7.62. The first-order valence-electron chi connectivity index (χ1n) is 10.1. The summed E-state index contributed by atoms with van der Waals surface area (Å²) in [5.74, 6) is -1.11. The monoisotopic (exact) mass is 524 g/mol. The summed E-state index contributed by atoms with van der Waals surface area (Å²) in [6, 6.07) is 12.5. The number of aromatic nitrogens is 7. The van der Waals surface area contributed by atoms with E-state index in [0.29, 0.717) is 16.9 Å². The molecule has 0 spiro atoms. The predicted octanol–water partition coefficient (Wildman–Crippen LogP) is 4.12. The van der Waals surface area contributed by atoms with E-state index >= 15 is 0 Å². The molecule has 3 aromatic heterocycles. The number of hydrogen-bond acceptors (Lipinski definition) is 6. The Morgan fingerprint density at radius 1 is 1.20 bits per heavy atom. The number of benzene rings is 1. The van der Waals surface area contributed by atoms with Gasteiger partial charge < -0.3 is 5.11 Å². The van der Waals surface area contributed by atoms with Crippen molar-refractivity contribution in [1.29, 1.82) is 0 Å². The lowest BCUT2D eigenvalue weighted by Gasteiger charge is -2.03. The summed E-state index contributed by atoms with van der Waals surface area (Å²) in [7, 11) is 2.02. The van der Waals surface area contributed by atoms with Crippen LogP contribution in [0.3, 0.4) is 0 Å². The average Bonchev–Trinajstić information content (AvgIpc) is 3.25. The maximum absolute atomic E-state index is 10.6. The number of hydrogen-bond donors (Lipinski definition) is 3. The zero-order chi connectivity index (χ0) is 25.2. The molecule has 0 amide bonds. The van der Waals surface area contributed by atoms with Crippen LogP contribution in [0, 0.1) is 0 Å². The van der Waals surface area contributed by atoms with Gasteiger partial charge in [-0.2, -0.15) is 18.4 Å². The topological polar surface area (TPSA) is 124 Å². The molecule has 3 heterocycles. The van der Waals surface area contributed by atoms with Crippen LogP contribution < -0.4 is 4.57 Å². The third-order valence-electron chi connectivity index (χ3n) is 5.19. The van der Waals surface area contributed by atoms with Crippen molar-refractivity contribution in [3.63, 3.8) is 0 Å². The second-order valence-corrected chi connectivity index (χ2v) is 9.07. The SMILES string of the molecule is C[n+]1c[nH]c(-c2ccc([C@H]3C[C@@H]3c3nn[nH]n3)cc2)c1Sc1ccc(Cl)cn1.O=C(O)C(F)(F)F. The summed E-state index contributed by atoms with van der Waals surface area (Å²) in [6.07, 6.45) is -0.394. The van der Waals surface area contributed by atoms with E-state index in [0.717, 1.165) is 33.6 Å². The average molecular weight is 525 g/mol. The van der Waals surface area contributed by atoms with Crippen molar-refractivity contribution in [3.05, 3.63) is 65.3 Å². The molecular formula is C21H18ClF3N7O2S+. The van der Waals surface area contributed by atoms with Gasteiger partial charge in [-0.1, -0.05) is 41.1 Å². The van der Waals surface area contributed by atoms with Crippen molar-refractivity contribution in [2.75, 3.05) is 0 Å². The number of carbonyl (C=O) groups is 1. The Kier molecular flexibility index (Phi) is 7.08. The zero-order valence-electron chi connectivity index (χ0n) is 18.0. The van der Waals surface area contributed by atoms with Crippen LogP contribution >= 0.6 is 23.4 Å². The quantitative estimate of drug-likeness (QED) is 0.335. The zero-order valence-corrected chi connectivity index (χ0v) is 19.6. The molecule has 0 aliphatic heterocycles. The normalized spacial score (nSPS) is 16.9. The van der Waals surface area contributed by atoms with Crippen molar-refractivity contribution in [3.8, 4) is 11.3 Å². The summed E-state index contributed by atoms with van der Waals surface area (Å²) in [5.41, 5.74) is 3.52. The molecule has 0 unspecified atom stereocenters. The van der Waals surface area contributed by atoms with Gasteiger partial charge in [-0.25, -0.2) is 19.3 Å². The standard InChI is InChI=1S/C19H16ClN7S.C2HF3O2/c1-27-10-22-17(19(27)28-16-7-6-13(20)9-21-16)12-4-2-11(3-5-12)14-8-15(14)18-23-25-26-24-18;3-2(4,5)1(6)7/h2-7,9-10,14-15H,8H2,1H3,(H,23,24,25,26);(H,6,7)/p+1/t14-,15+;/m1./s1. The van der Waals surface area contributed by atoms with Gasteiger partial charge in [0.1, 0.15) is 5.03 Å². The maximum Gasteiger partial charge on any atom is 0.490 e. The van der Waals surface area contributed by atoms with E-state index in [1.165, 1.54) is 5.56 Å². The summed E-state index contributed by atoms with van der Waals surface area (Å²) in [4.78, 5) is 16.7. The van der Waals surface area contributed by atoms with Crippen molar-refractivity contribution in [2.45, 2.75) is 34.5 Å². The van der Waals surface area contributed by atoms with Crippen molar-refractivity contribution in [1.82, 2.24) is 30.6 Å². The van der Waals surface area contributed by atoms with Gasteiger partial charge in [-0.3, -0.25) is 0 Å². The first-order chi connectivity index (χ1) is 16.6. The molecule has 0 saturated heterocycles. The van der Waals surface area contributed by atoms with Gasteiger partial charge in [0.2, 0.25) is 11.4 Å². The van der Waals surface area contributed by atoms with Crippen LogP contribution in [-0.2, 0) is 11.8 Å². The Hall–Kier alpha value is -3.45. The number of aliphatic carboxylic acids is 1. The van der Waals surface area contributed by atoms with Crippen LogP contribution in [0.15, 0.2) is 59.0 Å². The van der Waals surface area contributed by atoms with Crippen molar-refractivity contribution >= 4 is 29.3 Å². The van der Waals surface area contributed by atoms with E-state index in [9.17, 15) is 13.2 Å². The van der Waals surface area contributed by atoms with Gasteiger partial charge in [-0.15, -0.1) is 10.2 Å². The largest absolute Gasteiger partial charge is 0.490 e. The second kappa shape index (κ2) is 10.0. The smallest absolute Gasteiger partial charge is 0.475 e. The van der Waals surface area contributed by atoms with Gasteiger partial charge in [0.25, 0.3) is 0 Å². The van der Waals surface area contributed by atoms with Gasteiger partial charge in [-0.05, 0) is 41.8 Å². The molecule has 5 rings (SSSR count).